The Balaban J connectivity index is 1.56. The van der Waals surface area contributed by atoms with E-state index < -0.39 is 0 Å². The van der Waals surface area contributed by atoms with E-state index in [2.05, 4.69) is 51.4 Å². The zero-order valence-electron chi connectivity index (χ0n) is 14.4. The van der Waals surface area contributed by atoms with Crippen LogP contribution in [0.2, 0.25) is 0 Å². The van der Waals surface area contributed by atoms with E-state index >= 15 is 0 Å². The summed E-state index contributed by atoms with van der Waals surface area (Å²) in [5, 5.41) is 3.18. The molecule has 5 heteroatoms. The third-order valence-corrected chi connectivity index (χ3v) is 4.77. The number of hydrogen-bond acceptors (Lipinski definition) is 4. The van der Waals surface area contributed by atoms with Crippen LogP contribution in [0, 0.1) is 11.7 Å². The van der Waals surface area contributed by atoms with Crippen LogP contribution in [-0.2, 0) is 13.0 Å². The molecule has 1 aromatic carbocycles. The third-order valence-electron chi connectivity index (χ3n) is 4.77. The van der Waals surface area contributed by atoms with Crippen molar-refractivity contribution in [2.45, 2.75) is 39.3 Å². The van der Waals surface area contributed by atoms with Gasteiger partial charge in [-0.15, -0.1) is 0 Å². The number of likely N-dealkylation sites (tertiary alicyclic amines) is 1. The van der Waals surface area contributed by atoms with Crippen LogP contribution in [0.4, 0.5) is 10.2 Å². The zero-order valence-corrected chi connectivity index (χ0v) is 14.4. The second kappa shape index (κ2) is 7.71. The van der Waals surface area contributed by atoms with Gasteiger partial charge in [0.15, 0.2) is 11.6 Å². The molecule has 1 fully saturated rings. The Hall–Kier alpha value is -2.01. The maximum absolute atomic E-state index is 14.2. The molecular formula is C19H25FN4. The van der Waals surface area contributed by atoms with Gasteiger partial charge < -0.3 is 5.32 Å². The Morgan fingerprint density at radius 2 is 2.04 bits per heavy atom. The lowest BCUT2D eigenvalue weighted by Gasteiger charge is -2.21. The van der Waals surface area contributed by atoms with Crippen LogP contribution in [0.15, 0.2) is 36.7 Å². The Labute approximate surface area is 143 Å². The van der Waals surface area contributed by atoms with Crippen LogP contribution in [0.3, 0.4) is 0 Å². The van der Waals surface area contributed by atoms with Crippen molar-refractivity contribution >= 4 is 5.82 Å². The van der Waals surface area contributed by atoms with Gasteiger partial charge in [0, 0.05) is 25.7 Å². The topological polar surface area (TPSA) is 41.1 Å². The highest BCUT2D eigenvalue weighted by atomic mass is 19.1. The van der Waals surface area contributed by atoms with E-state index in [9.17, 15) is 4.39 Å². The van der Waals surface area contributed by atoms with Crippen LogP contribution in [0.1, 0.15) is 31.5 Å². The highest BCUT2D eigenvalue weighted by Crippen LogP contribution is 2.25. The Kier molecular flexibility index (Phi) is 5.41. The fourth-order valence-corrected chi connectivity index (χ4v) is 3.42. The van der Waals surface area contributed by atoms with Crippen molar-refractivity contribution in [3.8, 4) is 0 Å². The van der Waals surface area contributed by atoms with Crippen LogP contribution >= 0.6 is 0 Å². The first-order valence-electron chi connectivity index (χ1n) is 8.68. The van der Waals surface area contributed by atoms with E-state index in [4.69, 9.17) is 0 Å². The van der Waals surface area contributed by atoms with E-state index in [1.165, 1.54) is 11.9 Å². The summed E-state index contributed by atoms with van der Waals surface area (Å²) in [6.07, 6.45) is 3.13. The second-order valence-electron chi connectivity index (χ2n) is 6.58. The molecule has 2 aromatic rings. The largest absolute Gasteiger partial charge is 0.367 e. The van der Waals surface area contributed by atoms with E-state index in [0.717, 1.165) is 26.1 Å². The predicted octanol–water partition coefficient (Wildman–Crippen LogP) is 3.50. The Bertz CT molecular complexity index is 662. The molecule has 1 aliphatic rings. The van der Waals surface area contributed by atoms with Gasteiger partial charge in [0.25, 0.3) is 0 Å². The first kappa shape index (κ1) is 16.8. The maximum Gasteiger partial charge on any atom is 0.186 e. The van der Waals surface area contributed by atoms with E-state index in [1.807, 2.05) is 13.0 Å². The van der Waals surface area contributed by atoms with Crippen LogP contribution in [-0.4, -0.2) is 34.0 Å². The van der Waals surface area contributed by atoms with Gasteiger partial charge in [-0.25, -0.2) is 14.4 Å². The fraction of sp³-hybridized carbons (Fsp3) is 0.474. The standard InChI is InChI=1S/C19H25FN4/c1-3-17-18(20)19(23-13-22-17)21-10-16-9-14(2)24(12-16)11-15-7-5-4-6-8-15/h4-8,13-14,16H,3,9-12H2,1-2H3,(H,21,22,23). The third kappa shape index (κ3) is 3.90. The lowest BCUT2D eigenvalue weighted by molar-refractivity contribution is 0.256. The lowest BCUT2D eigenvalue weighted by Crippen LogP contribution is -2.27. The number of rotatable bonds is 6. The molecule has 2 unspecified atom stereocenters. The minimum Gasteiger partial charge on any atom is -0.367 e. The minimum atomic E-state index is -0.313. The summed E-state index contributed by atoms with van der Waals surface area (Å²) >= 11 is 0. The molecule has 0 radical (unpaired) electrons. The molecule has 4 nitrogen and oxygen atoms in total. The molecule has 0 bridgehead atoms. The summed E-state index contributed by atoms with van der Waals surface area (Å²) in [7, 11) is 0. The molecule has 1 saturated heterocycles. The number of aromatic nitrogens is 2. The summed E-state index contributed by atoms with van der Waals surface area (Å²) in [6, 6.07) is 11.1. The van der Waals surface area contributed by atoms with Gasteiger partial charge >= 0.3 is 0 Å². The van der Waals surface area contributed by atoms with E-state index in [1.54, 1.807) is 0 Å². The summed E-state index contributed by atoms with van der Waals surface area (Å²) in [6.45, 7) is 6.90. The SMILES string of the molecule is CCc1ncnc(NCC2CC(C)N(Cc3ccccc3)C2)c1F. The van der Waals surface area contributed by atoms with Crippen LogP contribution in [0.5, 0.6) is 0 Å². The van der Waals surface area contributed by atoms with Gasteiger partial charge in [0.2, 0.25) is 0 Å². The molecule has 0 aliphatic carbocycles. The monoisotopic (exact) mass is 328 g/mol. The van der Waals surface area contributed by atoms with E-state index in [-0.39, 0.29) is 5.82 Å². The molecule has 1 aliphatic heterocycles. The first-order valence-corrected chi connectivity index (χ1v) is 8.68. The number of hydrogen-bond donors (Lipinski definition) is 1. The van der Waals surface area contributed by atoms with Crippen molar-refractivity contribution in [1.29, 1.82) is 0 Å². The summed E-state index contributed by atoms with van der Waals surface area (Å²) in [5.74, 6) is 0.520. The maximum atomic E-state index is 14.2. The Morgan fingerprint density at radius 3 is 2.79 bits per heavy atom. The second-order valence-corrected chi connectivity index (χ2v) is 6.58. The van der Waals surface area contributed by atoms with Crippen LogP contribution in [0.25, 0.3) is 0 Å². The summed E-state index contributed by atoms with van der Waals surface area (Å²) in [4.78, 5) is 10.5. The number of aryl methyl sites for hydroxylation is 1. The van der Waals surface area contributed by atoms with Gasteiger partial charge in [0.1, 0.15) is 6.33 Å². The van der Waals surface area contributed by atoms with Crippen molar-refractivity contribution in [2.24, 2.45) is 5.92 Å². The minimum absolute atomic E-state index is 0.313. The van der Waals surface area contributed by atoms with Crippen molar-refractivity contribution in [2.75, 3.05) is 18.4 Å². The number of benzene rings is 1. The quantitative estimate of drug-likeness (QED) is 0.881. The molecule has 1 aromatic heterocycles. The first-order chi connectivity index (χ1) is 11.7. The molecule has 0 amide bonds. The number of anilines is 1. The molecule has 0 saturated carbocycles. The summed E-state index contributed by atoms with van der Waals surface area (Å²) < 4.78 is 14.2. The van der Waals surface area contributed by atoms with Gasteiger partial charge in [-0.2, -0.15) is 0 Å². The molecule has 0 spiro atoms. The van der Waals surface area contributed by atoms with Crippen molar-refractivity contribution in [1.82, 2.24) is 14.9 Å². The highest BCUT2D eigenvalue weighted by Gasteiger charge is 2.29. The van der Waals surface area contributed by atoms with E-state index in [0.29, 0.717) is 29.9 Å². The average Bonchev–Trinajstić information content (AvgIpc) is 2.94. The molecular weight excluding hydrogens is 303 g/mol. The molecule has 1 N–H and O–H groups in total. The summed E-state index contributed by atoms with van der Waals surface area (Å²) in [5.41, 5.74) is 1.81. The lowest BCUT2D eigenvalue weighted by atomic mass is 10.1. The predicted molar refractivity (Wildman–Crippen MR) is 94.3 cm³/mol. The van der Waals surface area contributed by atoms with Gasteiger partial charge in [0.05, 0.1) is 5.69 Å². The normalized spacial score (nSPS) is 21.1. The van der Waals surface area contributed by atoms with Gasteiger partial charge in [-0.05, 0) is 31.2 Å². The number of nitrogens with one attached hydrogen (secondary N) is 1. The number of halogens is 1. The zero-order chi connectivity index (χ0) is 16.9. The molecule has 2 atom stereocenters. The fourth-order valence-electron chi connectivity index (χ4n) is 3.42. The molecule has 3 rings (SSSR count). The van der Waals surface area contributed by atoms with Crippen LogP contribution < -0.4 is 5.32 Å². The highest BCUT2D eigenvalue weighted by molar-refractivity contribution is 5.37. The smallest absolute Gasteiger partial charge is 0.186 e. The Morgan fingerprint density at radius 1 is 1.25 bits per heavy atom. The average molecular weight is 328 g/mol. The molecule has 128 valence electrons. The van der Waals surface area contributed by atoms with Gasteiger partial charge in [-0.3, -0.25) is 4.90 Å². The number of nitrogens with zero attached hydrogens (tertiary/aromatic N) is 3. The van der Waals surface area contributed by atoms with Crippen molar-refractivity contribution < 1.29 is 4.39 Å². The molecule has 24 heavy (non-hydrogen) atoms. The molecule has 2 heterocycles. The van der Waals surface area contributed by atoms with Gasteiger partial charge in [-0.1, -0.05) is 37.3 Å². The van der Waals surface area contributed by atoms with Crippen molar-refractivity contribution in [3.05, 3.63) is 53.7 Å². The van der Waals surface area contributed by atoms with Crippen molar-refractivity contribution in [3.63, 3.8) is 0 Å².